The van der Waals surface area contributed by atoms with Gasteiger partial charge in [0.25, 0.3) is 0 Å². The molecule has 0 unspecified atom stereocenters. The van der Waals surface area contributed by atoms with Gasteiger partial charge in [0.2, 0.25) is 11.8 Å². The Morgan fingerprint density at radius 1 is 0.723 bits per heavy atom. The Hall–Kier alpha value is -5.43. The van der Waals surface area contributed by atoms with E-state index in [0.29, 0.717) is 27.8 Å². The van der Waals surface area contributed by atoms with E-state index in [1.165, 1.54) is 4.90 Å². The summed E-state index contributed by atoms with van der Waals surface area (Å²) in [4.78, 5) is 60.6. The summed E-state index contributed by atoms with van der Waals surface area (Å²) >= 11 is 0. The van der Waals surface area contributed by atoms with Crippen molar-refractivity contribution in [3.63, 3.8) is 0 Å². The normalized spacial score (nSPS) is 21.0. The Morgan fingerprint density at radius 3 is 1.85 bits per heavy atom. The number of para-hydroxylation sites is 1. The van der Waals surface area contributed by atoms with Gasteiger partial charge in [-0.1, -0.05) is 99.6 Å². The standard InChI is InChI=1S/C40H32N2O5/c1-40(2,3)32(43)21-47-39(46)29-20-31(41-30-18-9-8-13-24(29)30)22-11-10-12-23(19-22)42-37(44)35-33-25-14-4-5-15-26(25)34(36(35)38(42)45)28-17-7-6-16-27(28)33/h4-20,33-36H,21H2,1-3H3/t33?,34?,35-,36-/m0/s1. The van der Waals surface area contributed by atoms with Crippen LogP contribution in [0.25, 0.3) is 22.2 Å². The van der Waals surface area contributed by atoms with E-state index in [1.54, 1.807) is 51.1 Å². The number of rotatable bonds is 5. The molecule has 4 aliphatic rings. The van der Waals surface area contributed by atoms with Crippen molar-refractivity contribution in [2.24, 2.45) is 17.3 Å². The number of anilines is 1. The fourth-order valence-electron chi connectivity index (χ4n) is 7.65. The van der Waals surface area contributed by atoms with E-state index in [2.05, 4.69) is 24.3 Å². The third-order valence-corrected chi connectivity index (χ3v) is 9.96. The first kappa shape index (κ1) is 29.0. The number of carbonyl (C=O) groups is 4. The van der Waals surface area contributed by atoms with Crippen molar-refractivity contribution < 1.29 is 23.9 Å². The highest BCUT2D eigenvalue weighted by atomic mass is 16.5. The Balaban J connectivity index is 1.17. The van der Waals surface area contributed by atoms with Gasteiger partial charge in [0.15, 0.2) is 12.4 Å². The first-order valence-electron chi connectivity index (χ1n) is 15.9. The lowest BCUT2D eigenvalue weighted by atomic mass is 9.55. The molecule has 0 radical (unpaired) electrons. The van der Waals surface area contributed by atoms with E-state index in [1.807, 2.05) is 48.5 Å². The molecule has 1 aromatic heterocycles. The molecule has 1 saturated heterocycles. The second-order valence-electron chi connectivity index (χ2n) is 13.6. The van der Waals surface area contributed by atoms with Crippen LogP contribution in [-0.2, 0) is 19.1 Å². The number of aromatic nitrogens is 1. The summed E-state index contributed by atoms with van der Waals surface area (Å²) in [6, 6.07) is 32.5. The highest BCUT2D eigenvalue weighted by Gasteiger charge is 2.61. The van der Waals surface area contributed by atoms with Gasteiger partial charge in [-0.05, 0) is 46.5 Å². The highest BCUT2D eigenvalue weighted by molar-refractivity contribution is 6.23. The van der Waals surface area contributed by atoms with Crippen LogP contribution in [0.2, 0.25) is 0 Å². The van der Waals surface area contributed by atoms with E-state index in [9.17, 15) is 19.2 Å². The third-order valence-electron chi connectivity index (χ3n) is 9.96. The van der Waals surface area contributed by atoms with Crippen LogP contribution in [0.1, 0.15) is 65.2 Å². The Morgan fingerprint density at radius 2 is 1.28 bits per heavy atom. The van der Waals surface area contributed by atoms with Crippen LogP contribution in [-0.4, -0.2) is 35.2 Å². The van der Waals surface area contributed by atoms with Gasteiger partial charge in [-0.2, -0.15) is 0 Å². The molecule has 4 aromatic carbocycles. The molecule has 1 aliphatic heterocycles. The number of benzene rings is 4. The number of fused-ring (bicyclic) bond motifs is 1. The van der Waals surface area contributed by atoms with Crippen molar-refractivity contribution in [2.45, 2.75) is 32.6 Å². The molecule has 47 heavy (non-hydrogen) atoms. The van der Waals surface area contributed by atoms with E-state index in [0.717, 1.165) is 22.3 Å². The lowest BCUT2D eigenvalue weighted by molar-refractivity contribution is -0.129. The van der Waals surface area contributed by atoms with Gasteiger partial charge in [-0.15, -0.1) is 0 Å². The number of hydrogen-bond donors (Lipinski definition) is 0. The number of carbonyl (C=O) groups excluding carboxylic acids is 4. The van der Waals surface area contributed by atoms with Crippen LogP contribution in [0.15, 0.2) is 103 Å². The van der Waals surface area contributed by atoms with E-state index < -0.39 is 23.2 Å². The number of nitrogens with zero attached hydrogens (tertiary/aromatic N) is 2. The number of amides is 2. The van der Waals surface area contributed by atoms with Crippen LogP contribution in [0.3, 0.4) is 0 Å². The maximum absolute atomic E-state index is 14.3. The summed E-state index contributed by atoms with van der Waals surface area (Å²) in [6.45, 7) is 5.01. The molecule has 2 amide bonds. The molecule has 7 heteroatoms. The van der Waals surface area contributed by atoms with E-state index in [4.69, 9.17) is 9.72 Å². The topological polar surface area (TPSA) is 93.6 Å². The number of ether oxygens (including phenoxy) is 1. The monoisotopic (exact) mass is 620 g/mol. The largest absolute Gasteiger partial charge is 0.454 e. The van der Waals surface area contributed by atoms with Crippen molar-refractivity contribution in [1.29, 1.82) is 0 Å². The molecule has 232 valence electrons. The van der Waals surface area contributed by atoms with Gasteiger partial charge < -0.3 is 4.74 Å². The quantitative estimate of drug-likeness (QED) is 0.154. The zero-order valence-electron chi connectivity index (χ0n) is 26.3. The third kappa shape index (κ3) is 4.44. The Kier molecular flexibility index (Phi) is 6.51. The van der Waals surface area contributed by atoms with Crippen LogP contribution >= 0.6 is 0 Å². The fraction of sp³-hybridized carbons (Fsp3) is 0.225. The zero-order chi connectivity index (χ0) is 32.6. The molecular formula is C40H32N2O5. The summed E-state index contributed by atoms with van der Waals surface area (Å²) in [5, 5.41) is 0.601. The smallest absolute Gasteiger partial charge is 0.339 e. The van der Waals surface area contributed by atoms with Crippen LogP contribution in [0, 0.1) is 17.3 Å². The molecule has 0 N–H and O–H groups in total. The molecule has 7 nitrogen and oxygen atoms in total. The highest BCUT2D eigenvalue weighted by Crippen LogP contribution is 2.61. The van der Waals surface area contributed by atoms with Crippen LogP contribution in [0.5, 0.6) is 0 Å². The van der Waals surface area contributed by atoms with Crippen molar-refractivity contribution in [2.75, 3.05) is 11.5 Å². The summed E-state index contributed by atoms with van der Waals surface area (Å²) in [5.41, 5.74) is 6.30. The first-order chi connectivity index (χ1) is 22.6. The molecule has 1 fully saturated rings. The average molecular weight is 621 g/mol. The van der Waals surface area contributed by atoms with Gasteiger partial charge >= 0.3 is 5.97 Å². The summed E-state index contributed by atoms with van der Waals surface area (Å²) in [5.74, 6) is -2.56. The zero-order valence-corrected chi connectivity index (χ0v) is 26.3. The maximum atomic E-state index is 14.3. The van der Waals surface area contributed by atoms with Crippen molar-refractivity contribution in [3.8, 4) is 11.3 Å². The predicted octanol–water partition coefficient (Wildman–Crippen LogP) is 7.07. The van der Waals surface area contributed by atoms with Gasteiger partial charge in [0, 0.05) is 28.2 Å². The molecule has 2 atom stereocenters. The number of imide groups is 1. The Labute approximate surface area is 272 Å². The van der Waals surface area contributed by atoms with Crippen molar-refractivity contribution >= 4 is 40.2 Å². The summed E-state index contributed by atoms with van der Waals surface area (Å²) in [6.07, 6.45) is 0. The predicted molar refractivity (Wildman–Crippen MR) is 178 cm³/mol. The molecule has 3 aliphatic carbocycles. The van der Waals surface area contributed by atoms with Gasteiger partial charge in [0.05, 0.1) is 34.3 Å². The maximum Gasteiger partial charge on any atom is 0.339 e. The van der Waals surface area contributed by atoms with Crippen molar-refractivity contribution in [1.82, 2.24) is 4.98 Å². The number of Topliss-reactive ketones (excluding diaryl/α,β-unsaturated/α-hetero) is 1. The SMILES string of the molecule is CC(C)(C)C(=O)COC(=O)c1cc(-c2cccc(N3C(=O)[C@H]4C5c6ccccc6C(c6ccccc65)[C@@H]4C3=O)c2)nc2ccccc12. The number of ketones is 1. The summed E-state index contributed by atoms with van der Waals surface area (Å²) in [7, 11) is 0. The fourth-order valence-corrected chi connectivity index (χ4v) is 7.65. The molecule has 2 heterocycles. The first-order valence-corrected chi connectivity index (χ1v) is 15.9. The van der Waals surface area contributed by atoms with Gasteiger partial charge in [0.1, 0.15) is 0 Å². The minimum atomic E-state index is -0.640. The molecule has 5 aromatic rings. The molecule has 2 bridgehead atoms. The molecular weight excluding hydrogens is 588 g/mol. The van der Waals surface area contributed by atoms with E-state index >= 15 is 0 Å². The summed E-state index contributed by atoms with van der Waals surface area (Å²) < 4.78 is 5.47. The van der Waals surface area contributed by atoms with Crippen LogP contribution < -0.4 is 4.90 Å². The van der Waals surface area contributed by atoms with Crippen LogP contribution in [0.4, 0.5) is 5.69 Å². The van der Waals surface area contributed by atoms with Crippen molar-refractivity contribution in [3.05, 3.63) is 131 Å². The Bertz CT molecular complexity index is 2050. The van der Waals surface area contributed by atoms with Gasteiger partial charge in [-0.25, -0.2) is 14.7 Å². The number of esters is 1. The minimum Gasteiger partial charge on any atom is -0.454 e. The lowest BCUT2D eigenvalue weighted by Gasteiger charge is -2.45. The molecule has 0 saturated carbocycles. The molecule has 0 spiro atoms. The average Bonchev–Trinajstić information content (AvgIpc) is 3.35. The minimum absolute atomic E-state index is 0.183. The van der Waals surface area contributed by atoms with Gasteiger partial charge in [-0.3, -0.25) is 14.4 Å². The molecule has 9 rings (SSSR count). The lowest BCUT2D eigenvalue weighted by Crippen LogP contribution is -2.41. The second kappa shape index (κ2) is 10.6. The number of hydrogen-bond acceptors (Lipinski definition) is 6. The number of pyridine rings is 1. The second-order valence-corrected chi connectivity index (χ2v) is 13.6. The van der Waals surface area contributed by atoms with E-state index in [-0.39, 0.29) is 41.6 Å².